The minimum atomic E-state index is -0.948. The molecular formula is C22H19Cl2FN2O3. The monoisotopic (exact) mass is 448 g/mol. The Bertz CT molecular complexity index is 1160. The van der Waals surface area contributed by atoms with E-state index < -0.39 is 5.97 Å². The summed E-state index contributed by atoms with van der Waals surface area (Å²) in [6.07, 6.45) is 1.99. The molecule has 0 bridgehead atoms. The Hall–Kier alpha value is -2.57. The lowest BCUT2D eigenvalue weighted by atomic mass is 9.91. The molecule has 1 unspecified atom stereocenters. The van der Waals surface area contributed by atoms with E-state index in [-0.39, 0.29) is 30.7 Å². The average molecular weight is 449 g/mol. The summed E-state index contributed by atoms with van der Waals surface area (Å²) >= 11 is 11.9. The van der Waals surface area contributed by atoms with Gasteiger partial charge in [-0.25, -0.2) is 4.39 Å². The number of aliphatic carboxylic acids is 1. The van der Waals surface area contributed by atoms with E-state index in [2.05, 4.69) is 5.32 Å². The highest BCUT2D eigenvalue weighted by Gasteiger charge is 2.27. The van der Waals surface area contributed by atoms with Crippen molar-refractivity contribution in [2.45, 2.75) is 38.3 Å². The minimum absolute atomic E-state index is 0.111. The van der Waals surface area contributed by atoms with Crippen LogP contribution in [-0.4, -0.2) is 27.6 Å². The molecule has 0 radical (unpaired) electrons. The zero-order valence-corrected chi connectivity index (χ0v) is 17.4. The van der Waals surface area contributed by atoms with Gasteiger partial charge in [-0.2, -0.15) is 0 Å². The number of halogens is 3. The number of aromatic nitrogens is 1. The van der Waals surface area contributed by atoms with Crippen molar-refractivity contribution in [2.24, 2.45) is 0 Å². The Morgan fingerprint density at radius 1 is 1.17 bits per heavy atom. The van der Waals surface area contributed by atoms with Crippen molar-refractivity contribution in [1.82, 2.24) is 9.88 Å². The maximum absolute atomic E-state index is 13.9. The molecule has 30 heavy (non-hydrogen) atoms. The second-order valence-corrected chi connectivity index (χ2v) is 8.31. The van der Waals surface area contributed by atoms with Gasteiger partial charge in [0.25, 0.3) is 0 Å². The Labute approximate surface area is 182 Å². The van der Waals surface area contributed by atoms with Gasteiger partial charge in [0.15, 0.2) is 0 Å². The second-order valence-electron chi connectivity index (χ2n) is 7.50. The number of rotatable bonds is 5. The summed E-state index contributed by atoms with van der Waals surface area (Å²) in [5, 5.41) is 13.9. The number of carbonyl (C=O) groups is 2. The van der Waals surface area contributed by atoms with Crippen molar-refractivity contribution in [1.29, 1.82) is 0 Å². The Morgan fingerprint density at radius 2 is 1.97 bits per heavy atom. The van der Waals surface area contributed by atoms with E-state index in [1.54, 1.807) is 28.8 Å². The maximum atomic E-state index is 13.9. The van der Waals surface area contributed by atoms with Gasteiger partial charge in [-0.15, -0.1) is 0 Å². The van der Waals surface area contributed by atoms with Crippen LogP contribution < -0.4 is 5.32 Å². The standard InChI is InChI=1S/C22H19Cl2FN2O3/c23-17-4-1-12(7-18(17)24)8-21(28)26-14-3-6-20-16(10-14)15-9-13(25)2-5-19(15)27(20)11-22(29)30/h1-2,4-5,7,9,14H,3,6,8,10-11H2,(H,26,28)(H,29,30). The second kappa shape index (κ2) is 8.28. The van der Waals surface area contributed by atoms with Gasteiger partial charge >= 0.3 is 5.97 Å². The van der Waals surface area contributed by atoms with E-state index in [0.29, 0.717) is 40.2 Å². The largest absolute Gasteiger partial charge is 0.480 e. The smallest absolute Gasteiger partial charge is 0.323 e. The number of fused-ring (bicyclic) bond motifs is 3. The van der Waals surface area contributed by atoms with E-state index in [9.17, 15) is 19.1 Å². The highest BCUT2D eigenvalue weighted by Crippen LogP contribution is 2.33. The Kier molecular flexibility index (Phi) is 5.71. The number of hydrogen-bond donors (Lipinski definition) is 2. The number of amides is 1. The lowest BCUT2D eigenvalue weighted by molar-refractivity contribution is -0.137. The molecule has 0 spiro atoms. The van der Waals surface area contributed by atoms with E-state index in [0.717, 1.165) is 16.8 Å². The lowest BCUT2D eigenvalue weighted by Gasteiger charge is -2.25. The number of hydrogen-bond acceptors (Lipinski definition) is 2. The Balaban J connectivity index is 1.55. The number of carboxylic acid groups (broad SMARTS) is 1. The van der Waals surface area contributed by atoms with Crippen LogP contribution in [0.4, 0.5) is 4.39 Å². The van der Waals surface area contributed by atoms with Crippen molar-refractivity contribution in [3.05, 3.63) is 69.1 Å². The Morgan fingerprint density at radius 3 is 2.70 bits per heavy atom. The molecule has 8 heteroatoms. The SMILES string of the molecule is O=C(O)Cn1c2c(c3cc(F)ccc31)CC(NC(=O)Cc1ccc(Cl)c(Cl)c1)CC2. The molecule has 0 fully saturated rings. The van der Waals surface area contributed by atoms with Crippen molar-refractivity contribution in [3.8, 4) is 0 Å². The molecule has 1 heterocycles. The molecule has 4 rings (SSSR count). The van der Waals surface area contributed by atoms with Gasteiger partial charge in [-0.05, 0) is 60.7 Å². The topological polar surface area (TPSA) is 71.3 Å². The van der Waals surface area contributed by atoms with Gasteiger partial charge in [0.1, 0.15) is 12.4 Å². The van der Waals surface area contributed by atoms with Crippen molar-refractivity contribution in [3.63, 3.8) is 0 Å². The molecule has 1 atom stereocenters. The van der Waals surface area contributed by atoms with Gasteiger partial charge in [0.05, 0.1) is 16.5 Å². The summed E-state index contributed by atoms with van der Waals surface area (Å²) in [6.45, 7) is -0.175. The zero-order valence-electron chi connectivity index (χ0n) is 15.9. The summed E-state index contributed by atoms with van der Waals surface area (Å²) in [7, 11) is 0. The van der Waals surface area contributed by atoms with Gasteiger partial charge in [-0.1, -0.05) is 29.3 Å². The third-order valence-corrected chi connectivity index (χ3v) is 6.18. The van der Waals surface area contributed by atoms with E-state index in [1.165, 1.54) is 12.1 Å². The first-order valence-corrected chi connectivity index (χ1v) is 10.3. The molecule has 1 aromatic heterocycles. The van der Waals surface area contributed by atoms with Crippen LogP contribution in [0, 0.1) is 5.82 Å². The third kappa shape index (κ3) is 4.16. The van der Waals surface area contributed by atoms with Crippen LogP contribution in [0.25, 0.3) is 10.9 Å². The fraction of sp³-hybridized carbons (Fsp3) is 0.273. The molecule has 156 valence electrons. The van der Waals surface area contributed by atoms with Gasteiger partial charge in [0, 0.05) is 22.6 Å². The quantitative estimate of drug-likeness (QED) is 0.607. The minimum Gasteiger partial charge on any atom is -0.480 e. The van der Waals surface area contributed by atoms with Crippen LogP contribution in [0.1, 0.15) is 23.2 Å². The van der Waals surface area contributed by atoms with Gasteiger partial charge in [-0.3, -0.25) is 9.59 Å². The van der Waals surface area contributed by atoms with Crippen molar-refractivity contribution in [2.75, 3.05) is 0 Å². The van der Waals surface area contributed by atoms with Crippen LogP contribution in [0.3, 0.4) is 0 Å². The van der Waals surface area contributed by atoms with Crippen molar-refractivity contribution < 1.29 is 19.1 Å². The van der Waals surface area contributed by atoms with Gasteiger partial charge in [0.2, 0.25) is 5.91 Å². The van der Waals surface area contributed by atoms with Crippen molar-refractivity contribution >= 4 is 46.0 Å². The van der Waals surface area contributed by atoms with Crippen LogP contribution in [0.5, 0.6) is 0 Å². The molecular weight excluding hydrogens is 430 g/mol. The predicted octanol–water partition coefficient (Wildman–Crippen LogP) is 4.39. The highest BCUT2D eigenvalue weighted by molar-refractivity contribution is 6.42. The van der Waals surface area contributed by atoms with Crippen LogP contribution in [-0.2, 0) is 35.4 Å². The summed E-state index contributed by atoms with van der Waals surface area (Å²) in [4.78, 5) is 23.8. The molecule has 0 aliphatic heterocycles. The first kappa shape index (κ1) is 20.7. The number of nitrogens with one attached hydrogen (secondary N) is 1. The summed E-state index contributed by atoms with van der Waals surface area (Å²) in [6, 6.07) is 9.36. The highest BCUT2D eigenvalue weighted by atomic mass is 35.5. The normalized spacial score (nSPS) is 15.8. The summed E-state index contributed by atoms with van der Waals surface area (Å²) in [5.41, 5.74) is 3.26. The maximum Gasteiger partial charge on any atom is 0.323 e. The first-order chi connectivity index (χ1) is 14.3. The fourth-order valence-electron chi connectivity index (χ4n) is 4.17. The van der Waals surface area contributed by atoms with Crippen LogP contribution >= 0.6 is 23.2 Å². The molecule has 2 N–H and O–H groups in total. The average Bonchev–Trinajstić information content (AvgIpc) is 2.97. The lowest BCUT2D eigenvalue weighted by Crippen LogP contribution is -2.39. The van der Waals surface area contributed by atoms with Crippen LogP contribution in [0.15, 0.2) is 36.4 Å². The van der Waals surface area contributed by atoms with Gasteiger partial charge < -0.3 is 15.0 Å². The molecule has 1 aliphatic carbocycles. The molecule has 1 amide bonds. The molecule has 0 saturated carbocycles. The number of carboxylic acids is 1. The third-order valence-electron chi connectivity index (χ3n) is 5.44. The predicted molar refractivity (Wildman–Crippen MR) is 114 cm³/mol. The number of benzene rings is 2. The first-order valence-electron chi connectivity index (χ1n) is 9.56. The molecule has 0 saturated heterocycles. The van der Waals surface area contributed by atoms with Crippen LogP contribution in [0.2, 0.25) is 10.0 Å². The number of carbonyl (C=O) groups excluding carboxylic acids is 1. The summed E-state index contributed by atoms with van der Waals surface area (Å²) in [5.74, 6) is -1.46. The zero-order chi connectivity index (χ0) is 21.4. The molecule has 1 aliphatic rings. The fourth-order valence-corrected chi connectivity index (χ4v) is 4.50. The number of nitrogens with zero attached hydrogens (tertiary/aromatic N) is 1. The van der Waals surface area contributed by atoms with E-state index in [1.807, 2.05) is 0 Å². The van der Waals surface area contributed by atoms with E-state index >= 15 is 0 Å². The van der Waals surface area contributed by atoms with E-state index in [4.69, 9.17) is 23.2 Å². The molecule has 3 aromatic rings. The molecule has 2 aromatic carbocycles. The molecule has 5 nitrogen and oxygen atoms in total. The summed E-state index contributed by atoms with van der Waals surface area (Å²) < 4.78 is 15.6.